The molecule has 1 aliphatic heterocycles. The molecule has 1 saturated heterocycles. The average molecular weight is 368 g/mol. The number of benzene rings is 1. The van der Waals surface area contributed by atoms with E-state index in [4.69, 9.17) is 9.15 Å². The number of rotatable bonds is 4. The number of anilines is 1. The molecule has 1 aromatic carbocycles. The molecule has 1 fully saturated rings. The molecule has 0 spiro atoms. The van der Waals surface area contributed by atoms with Crippen LogP contribution in [0.1, 0.15) is 46.7 Å². The Hall–Kier alpha value is -2.76. The van der Waals surface area contributed by atoms with Crippen molar-refractivity contribution in [3.8, 4) is 5.75 Å². The van der Waals surface area contributed by atoms with Crippen molar-refractivity contribution in [1.29, 1.82) is 0 Å². The Morgan fingerprint density at radius 1 is 1.26 bits per heavy atom. The molecule has 2 amide bonds. The van der Waals surface area contributed by atoms with E-state index in [2.05, 4.69) is 5.32 Å². The number of fused-ring (bicyclic) bond motifs is 1. The molecule has 1 unspecified atom stereocenters. The monoisotopic (exact) mass is 368 g/mol. The van der Waals surface area contributed by atoms with Crippen molar-refractivity contribution in [2.75, 3.05) is 18.6 Å². The number of carbonyl (C=O) groups is 2. The van der Waals surface area contributed by atoms with E-state index >= 15 is 0 Å². The van der Waals surface area contributed by atoms with Crippen molar-refractivity contribution in [2.45, 2.75) is 45.1 Å². The summed E-state index contributed by atoms with van der Waals surface area (Å²) in [5.74, 6) is 2.11. The zero-order valence-corrected chi connectivity index (χ0v) is 15.7. The van der Waals surface area contributed by atoms with Crippen LogP contribution in [0.4, 0.5) is 5.69 Å². The van der Waals surface area contributed by atoms with Crippen molar-refractivity contribution < 1.29 is 18.7 Å². The summed E-state index contributed by atoms with van der Waals surface area (Å²) in [6, 6.07) is 7.20. The molecular weight excluding hydrogens is 344 g/mol. The second-order valence-electron chi connectivity index (χ2n) is 7.19. The lowest BCUT2D eigenvalue weighted by molar-refractivity contribution is -0.117. The van der Waals surface area contributed by atoms with Gasteiger partial charge in [0, 0.05) is 24.9 Å². The van der Waals surface area contributed by atoms with E-state index in [0.29, 0.717) is 23.6 Å². The number of aryl methyl sites for hydroxylation is 2. The highest BCUT2D eigenvalue weighted by molar-refractivity contribution is 6.00. The van der Waals surface area contributed by atoms with Gasteiger partial charge in [0.2, 0.25) is 5.91 Å². The number of ether oxygens (including phenoxy) is 1. The van der Waals surface area contributed by atoms with Gasteiger partial charge in [-0.05, 0) is 38.3 Å². The molecule has 0 radical (unpaired) electrons. The molecule has 2 aliphatic rings. The molecule has 142 valence electrons. The summed E-state index contributed by atoms with van der Waals surface area (Å²) in [4.78, 5) is 27.1. The largest absolute Gasteiger partial charge is 0.495 e. The Morgan fingerprint density at radius 2 is 2.04 bits per heavy atom. The number of carbonyl (C=O) groups excluding carboxylic acids is 2. The molecule has 27 heavy (non-hydrogen) atoms. The number of furan rings is 1. The Kier molecular flexibility index (Phi) is 4.64. The number of amides is 2. The van der Waals surface area contributed by atoms with Gasteiger partial charge in [-0.15, -0.1) is 0 Å². The smallest absolute Gasteiger partial charge is 0.255 e. The van der Waals surface area contributed by atoms with Crippen LogP contribution in [0.5, 0.6) is 5.75 Å². The van der Waals surface area contributed by atoms with Crippen LogP contribution in [0.15, 0.2) is 28.7 Å². The zero-order valence-electron chi connectivity index (χ0n) is 15.7. The Labute approximate surface area is 158 Å². The van der Waals surface area contributed by atoms with E-state index in [0.717, 1.165) is 42.7 Å². The average Bonchev–Trinajstić information content (AvgIpc) is 3.20. The van der Waals surface area contributed by atoms with Gasteiger partial charge >= 0.3 is 0 Å². The third kappa shape index (κ3) is 3.20. The van der Waals surface area contributed by atoms with E-state index in [-0.39, 0.29) is 24.3 Å². The van der Waals surface area contributed by atoms with Gasteiger partial charge < -0.3 is 19.4 Å². The maximum atomic E-state index is 12.9. The van der Waals surface area contributed by atoms with E-state index < -0.39 is 0 Å². The van der Waals surface area contributed by atoms with Crippen LogP contribution in [-0.2, 0) is 17.6 Å². The molecular formula is C21H24N2O4. The van der Waals surface area contributed by atoms with Gasteiger partial charge in [0.1, 0.15) is 17.3 Å². The summed E-state index contributed by atoms with van der Waals surface area (Å²) in [5.41, 5.74) is 2.44. The van der Waals surface area contributed by atoms with Gasteiger partial charge in [0.15, 0.2) is 0 Å². The molecule has 1 atom stereocenters. The maximum Gasteiger partial charge on any atom is 0.255 e. The van der Waals surface area contributed by atoms with E-state index in [1.165, 1.54) is 0 Å². The van der Waals surface area contributed by atoms with Gasteiger partial charge in [0.05, 0.1) is 24.4 Å². The van der Waals surface area contributed by atoms with Gasteiger partial charge in [-0.1, -0.05) is 12.1 Å². The minimum atomic E-state index is -0.233. The van der Waals surface area contributed by atoms with Crippen LogP contribution in [0, 0.1) is 6.92 Å². The Balaban J connectivity index is 1.51. The molecule has 2 aromatic rings. The first kappa shape index (κ1) is 17.6. The van der Waals surface area contributed by atoms with E-state index in [1.807, 2.05) is 31.2 Å². The number of nitrogens with one attached hydrogen (secondary N) is 1. The molecule has 1 aromatic heterocycles. The van der Waals surface area contributed by atoms with Crippen LogP contribution in [0.25, 0.3) is 0 Å². The number of para-hydroxylation sites is 2. The highest BCUT2D eigenvalue weighted by Crippen LogP contribution is 2.32. The third-order valence-electron chi connectivity index (χ3n) is 5.41. The normalized spacial score (nSPS) is 19.1. The fraction of sp³-hybridized carbons (Fsp3) is 0.429. The molecule has 6 heteroatoms. The molecule has 0 bridgehead atoms. The zero-order chi connectivity index (χ0) is 19.0. The fourth-order valence-corrected chi connectivity index (χ4v) is 4.15. The van der Waals surface area contributed by atoms with Gasteiger partial charge in [0.25, 0.3) is 5.91 Å². The van der Waals surface area contributed by atoms with Crippen molar-refractivity contribution >= 4 is 17.5 Å². The lowest BCUT2D eigenvalue weighted by Crippen LogP contribution is -2.37. The van der Waals surface area contributed by atoms with Gasteiger partial charge in [-0.2, -0.15) is 0 Å². The molecule has 4 rings (SSSR count). The first-order chi connectivity index (χ1) is 13.1. The van der Waals surface area contributed by atoms with E-state index in [9.17, 15) is 9.59 Å². The molecule has 1 aliphatic carbocycles. The predicted octanol–water partition coefficient (Wildman–Crippen LogP) is 3.01. The minimum Gasteiger partial charge on any atom is -0.495 e. The van der Waals surface area contributed by atoms with Crippen LogP contribution >= 0.6 is 0 Å². The van der Waals surface area contributed by atoms with Crippen LogP contribution in [-0.4, -0.2) is 31.5 Å². The second kappa shape index (κ2) is 7.10. The summed E-state index contributed by atoms with van der Waals surface area (Å²) >= 11 is 0. The number of hydrogen-bond donors (Lipinski definition) is 1. The van der Waals surface area contributed by atoms with Crippen LogP contribution in [0.2, 0.25) is 0 Å². The first-order valence-corrected chi connectivity index (χ1v) is 9.44. The summed E-state index contributed by atoms with van der Waals surface area (Å²) in [5, 5.41) is 3.04. The highest BCUT2D eigenvalue weighted by atomic mass is 16.5. The minimum absolute atomic E-state index is 0.0178. The van der Waals surface area contributed by atoms with E-state index in [1.54, 1.807) is 12.0 Å². The van der Waals surface area contributed by atoms with Crippen molar-refractivity contribution in [1.82, 2.24) is 5.32 Å². The Morgan fingerprint density at radius 3 is 2.85 bits per heavy atom. The second-order valence-corrected chi connectivity index (χ2v) is 7.19. The topological polar surface area (TPSA) is 71.8 Å². The number of hydrogen-bond acceptors (Lipinski definition) is 4. The summed E-state index contributed by atoms with van der Waals surface area (Å²) < 4.78 is 11.2. The fourth-order valence-electron chi connectivity index (χ4n) is 4.15. The lowest BCUT2D eigenvalue weighted by Gasteiger charge is -2.20. The molecule has 6 nitrogen and oxygen atoms in total. The highest BCUT2D eigenvalue weighted by Gasteiger charge is 2.34. The summed E-state index contributed by atoms with van der Waals surface area (Å²) in [6.07, 6.45) is 4.24. The third-order valence-corrected chi connectivity index (χ3v) is 5.41. The lowest BCUT2D eigenvalue weighted by atomic mass is 9.94. The van der Waals surface area contributed by atoms with Gasteiger partial charge in [-0.25, -0.2) is 0 Å². The molecule has 2 heterocycles. The van der Waals surface area contributed by atoms with Crippen molar-refractivity contribution in [2.24, 2.45) is 0 Å². The maximum absolute atomic E-state index is 12.9. The quantitative estimate of drug-likeness (QED) is 0.900. The molecule has 1 N–H and O–H groups in total. The number of methoxy groups -OCH3 is 1. The first-order valence-electron chi connectivity index (χ1n) is 9.44. The van der Waals surface area contributed by atoms with Crippen molar-refractivity contribution in [3.05, 3.63) is 46.9 Å². The summed E-state index contributed by atoms with van der Waals surface area (Å²) in [6.45, 7) is 2.28. The van der Waals surface area contributed by atoms with Crippen LogP contribution in [0.3, 0.4) is 0 Å². The Bertz CT molecular complexity index is 886. The standard InChI is InChI=1S/C21H24N2O4/c1-13-20(15-7-3-5-9-17(15)27-13)21(25)22-14-11-19(24)23(12-14)16-8-4-6-10-18(16)26-2/h4,6,8,10,14H,3,5,7,9,11-12H2,1-2H3,(H,22,25). The molecule has 0 saturated carbocycles. The van der Waals surface area contributed by atoms with Crippen LogP contribution < -0.4 is 15.0 Å². The SMILES string of the molecule is COc1ccccc1N1CC(NC(=O)c2c(C)oc3c2CCCC3)CC1=O. The predicted molar refractivity (Wildman–Crippen MR) is 101 cm³/mol. The van der Waals surface area contributed by atoms with Crippen molar-refractivity contribution in [3.63, 3.8) is 0 Å². The number of nitrogens with zero attached hydrogens (tertiary/aromatic N) is 1. The summed E-state index contributed by atoms with van der Waals surface area (Å²) in [7, 11) is 1.59. The van der Waals surface area contributed by atoms with Gasteiger partial charge in [-0.3, -0.25) is 9.59 Å².